The summed E-state index contributed by atoms with van der Waals surface area (Å²) >= 11 is 1.79. The Balaban J connectivity index is 2.42. The molecule has 1 aliphatic rings. The lowest BCUT2D eigenvalue weighted by Crippen LogP contribution is -1.97. The van der Waals surface area contributed by atoms with Gasteiger partial charge in [0.25, 0.3) is 0 Å². The van der Waals surface area contributed by atoms with Gasteiger partial charge >= 0.3 is 0 Å². The van der Waals surface area contributed by atoms with Crippen molar-refractivity contribution in [2.24, 2.45) is 0 Å². The van der Waals surface area contributed by atoms with E-state index in [9.17, 15) is 0 Å². The molecular weight excluding hydrogens is 142 g/mol. The minimum absolute atomic E-state index is 1.07. The summed E-state index contributed by atoms with van der Waals surface area (Å²) in [6.07, 6.45) is 5.55. The average Bonchev–Trinajstić information content (AvgIpc) is 2.28. The molecule has 52 valence electrons. The molecule has 1 nitrogen and oxygen atoms in total. The van der Waals surface area contributed by atoms with Crippen LogP contribution in [0.1, 0.15) is 11.3 Å². The van der Waals surface area contributed by atoms with E-state index in [1.165, 1.54) is 10.6 Å². The Labute approximate surface area is 64.4 Å². The molecule has 0 amide bonds. The van der Waals surface area contributed by atoms with E-state index >= 15 is 0 Å². The fraction of sp³-hybridized carbons (Fsp3) is 0.250. The van der Waals surface area contributed by atoms with Crippen LogP contribution in [0.15, 0.2) is 17.5 Å². The van der Waals surface area contributed by atoms with E-state index in [1.54, 1.807) is 11.3 Å². The quantitative estimate of drug-likeness (QED) is 0.601. The maximum Gasteiger partial charge on any atom is 0.0523 e. The molecule has 0 aromatic carbocycles. The second-order valence-corrected chi connectivity index (χ2v) is 3.26. The van der Waals surface area contributed by atoms with Crippen molar-refractivity contribution < 1.29 is 0 Å². The van der Waals surface area contributed by atoms with Gasteiger partial charge < -0.3 is 5.32 Å². The largest absolute Gasteiger partial charge is 0.384 e. The van der Waals surface area contributed by atoms with E-state index in [1.807, 2.05) is 0 Å². The number of anilines is 1. The first kappa shape index (κ1) is 5.98. The Bertz CT molecular complexity index is 250. The van der Waals surface area contributed by atoms with Crippen molar-refractivity contribution in [3.8, 4) is 0 Å². The molecule has 0 fully saturated rings. The lowest BCUT2D eigenvalue weighted by atomic mass is 10.4. The van der Waals surface area contributed by atoms with Crippen molar-refractivity contribution in [3.05, 3.63) is 22.4 Å². The SMILES string of the molecule is C1=Cc2sccc2NCC1. The highest BCUT2D eigenvalue weighted by Gasteiger charge is 2.01. The summed E-state index contributed by atoms with van der Waals surface area (Å²) in [6.45, 7) is 1.07. The zero-order chi connectivity index (χ0) is 6.81. The van der Waals surface area contributed by atoms with E-state index in [0.717, 1.165) is 13.0 Å². The summed E-state index contributed by atoms with van der Waals surface area (Å²) in [7, 11) is 0. The molecule has 2 heterocycles. The van der Waals surface area contributed by atoms with Crippen LogP contribution in [-0.2, 0) is 0 Å². The van der Waals surface area contributed by atoms with Gasteiger partial charge in [0.1, 0.15) is 0 Å². The first-order chi connectivity index (χ1) is 4.97. The van der Waals surface area contributed by atoms with E-state index in [2.05, 4.69) is 28.9 Å². The van der Waals surface area contributed by atoms with Crippen LogP contribution in [0.25, 0.3) is 6.08 Å². The number of hydrogen-bond donors (Lipinski definition) is 1. The van der Waals surface area contributed by atoms with Gasteiger partial charge in [0.15, 0.2) is 0 Å². The highest BCUT2D eigenvalue weighted by molar-refractivity contribution is 7.11. The lowest BCUT2D eigenvalue weighted by Gasteiger charge is -1.98. The maximum absolute atomic E-state index is 3.35. The summed E-state index contributed by atoms with van der Waals surface area (Å²) in [5, 5.41) is 5.47. The molecule has 0 saturated carbocycles. The summed E-state index contributed by atoms with van der Waals surface area (Å²) in [6, 6.07) is 2.13. The molecule has 0 bridgehead atoms. The van der Waals surface area contributed by atoms with Gasteiger partial charge in [-0.05, 0) is 23.9 Å². The predicted molar refractivity (Wildman–Crippen MR) is 46.5 cm³/mol. The minimum Gasteiger partial charge on any atom is -0.384 e. The van der Waals surface area contributed by atoms with Gasteiger partial charge in [0.05, 0.1) is 5.69 Å². The molecule has 2 rings (SSSR count). The number of thiophene rings is 1. The topological polar surface area (TPSA) is 12.0 Å². The van der Waals surface area contributed by atoms with Crippen LogP contribution >= 0.6 is 11.3 Å². The highest BCUT2D eigenvalue weighted by atomic mass is 32.1. The Hall–Kier alpha value is -0.760. The van der Waals surface area contributed by atoms with Gasteiger partial charge in [-0.2, -0.15) is 0 Å². The third kappa shape index (κ3) is 0.948. The summed E-state index contributed by atoms with van der Waals surface area (Å²) < 4.78 is 0. The van der Waals surface area contributed by atoms with Crippen LogP contribution in [0, 0.1) is 0 Å². The molecule has 1 aliphatic heterocycles. The highest BCUT2D eigenvalue weighted by Crippen LogP contribution is 2.25. The Morgan fingerprint density at radius 3 is 3.50 bits per heavy atom. The van der Waals surface area contributed by atoms with Gasteiger partial charge in [-0.1, -0.05) is 6.08 Å². The molecule has 0 unspecified atom stereocenters. The molecule has 1 aromatic rings. The molecule has 2 heteroatoms. The van der Waals surface area contributed by atoms with Gasteiger partial charge in [-0.15, -0.1) is 11.3 Å². The van der Waals surface area contributed by atoms with Crippen LogP contribution in [-0.4, -0.2) is 6.54 Å². The molecule has 0 radical (unpaired) electrons. The maximum atomic E-state index is 3.35. The van der Waals surface area contributed by atoms with E-state index in [-0.39, 0.29) is 0 Å². The van der Waals surface area contributed by atoms with Gasteiger partial charge in [0, 0.05) is 11.4 Å². The molecule has 1 aromatic heterocycles. The molecule has 0 atom stereocenters. The second-order valence-electron chi connectivity index (χ2n) is 2.32. The van der Waals surface area contributed by atoms with Gasteiger partial charge in [-0.3, -0.25) is 0 Å². The minimum atomic E-state index is 1.07. The van der Waals surface area contributed by atoms with Crippen molar-refractivity contribution in [1.29, 1.82) is 0 Å². The Kier molecular flexibility index (Phi) is 1.47. The van der Waals surface area contributed by atoms with E-state index in [0.29, 0.717) is 0 Å². The van der Waals surface area contributed by atoms with E-state index < -0.39 is 0 Å². The Morgan fingerprint density at radius 1 is 1.50 bits per heavy atom. The molecule has 0 saturated heterocycles. The second kappa shape index (κ2) is 2.46. The molecule has 1 N–H and O–H groups in total. The summed E-state index contributed by atoms with van der Waals surface area (Å²) in [5.74, 6) is 0. The van der Waals surface area contributed by atoms with Crippen molar-refractivity contribution >= 4 is 23.1 Å². The van der Waals surface area contributed by atoms with Crippen LogP contribution in [0.3, 0.4) is 0 Å². The fourth-order valence-corrected chi connectivity index (χ4v) is 1.87. The summed E-state index contributed by atoms with van der Waals surface area (Å²) in [5.41, 5.74) is 1.29. The predicted octanol–water partition coefficient (Wildman–Crippen LogP) is 2.58. The zero-order valence-corrected chi connectivity index (χ0v) is 6.45. The Morgan fingerprint density at radius 2 is 2.50 bits per heavy atom. The van der Waals surface area contributed by atoms with Crippen LogP contribution in [0.5, 0.6) is 0 Å². The third-order valence-corrected chi connectivity index (χ3v) is 2.47. The third-order valence-electron chi connectivity index (χ3n) is 1.59. The number of nitrogens with one attached hydrogen (secondary N) is 1. The smallest absolute Gasteiger partial charge is 0.0523 e. The monoisotopic (exact) mass is 151 g/mol. The van der Waals surface area contributed by atoms with Crippen LogP contribution < -0.4 is 5.32 Å². The fourth-order valence-electron chi connectivity index (χ4n) is 1.08. The van der Waals surface area contributed by atoms with Crippen molar-refractivity contribution in [3.63, 3.8) is 0 Å². The van der Waals surface area contributed by atoms with Crippen LogP contribution in [0.2, 0.25) is 0 Å². The first-order valence-electron chi connectivity index (χ1n) is 3.45. The lowest BCUT2D eigenvalue weighted by molar-refractivity contribution is 1.08. The van der Waals surface area contributed by atoms with Crippen molar-refractivity contribution in [1.82, 2.24) is 0 Å². The zero-order valence-electron chi connectivity index (χ0n) is 5.63. The molecule has 10 heavy (non-hydrogen) atoms. The van der Waals surface area contributed by atoms with Crippen molar-refractivity contribution in [2.45, 2.75) is 6.42 Å². The van der Waals surface area contributed by atoms with E-state index in [4.69, 9.17) is 0 Å². The van der Waals surface area contributed by atoms with Crippen molar-refractivity contribution in [2.75, 3.05) is 11.9 Å². The standard InChI is InChI=1S/C8H9NS/c1-2-5-9-7-4-6-10-8(7)3-1/h1,3-4,6,9H,2,5H2. The van der Waals surface area contributed by atoms with Gasteiger partial charge in [0.2, 0.25) is 0 Å². The summed E-state index contributed by atoms with van der Waals surface area (Å²) in [4.78, 5) is 1.36. The first-order valence-corrected chi connectivity index (χ1v) is 4.33. The van der Waals surface area contributed by atoms with Gasteiger partial charge in [-0.25, -0.2) is 0 Å². The number of rotatable bonds is 0. The number of hydrogen-bond acceptors (Lipinski definition) is 2. The molecular formula is C8H9NS. The molecule has 0 spiro atoms. The average molecular weight is 151 g/mol. The van der Waals surface area contributed by atoms with Crippen LogP contribution in [0.4, 0.5) is 5.69 Å². The molecule has 0 aliphatic carbocycles. The normalized spacial score (nSPS) is 15.6. The number of fused-ring (bicyclic) bond motifs is 1.